The Bertz CT molecular complexity index is 1330. The zero-order chi connectivity index (χ0) is 21.0. The monoisotopic (exact) mass is 428 g/mol. The number of nitrogens with one attached hydrogen (secondary N) is 1. The van der Waals surface area contributed by atoms with Gasteiger partial charge in [-0.05, 0) is 35.7 Å². The van der Waals surface area contributed by atoms with Gasteiger partial charge in [-0.1, -0.05) is 48.2 Å². The smallest absolute Gasteiger partial charge is 0.234 e. The number of furan rings is 2. The Kier molecular flexibility index (Phi) is 5.20. The molecule has 1 amide bonds. The summed E-state index contributed by atoms with van der Waals surface area (Å²) in [6.07, 6.45) is 3.12. The lowest BCUT2D eigenvalue weighted by Crippen LogP contribution is -2.14. The van der Waals surface area contributed by atoms with Crippen LogP contribution in [0.5, 0.6) is 0 Å². The zero-order valence-corrected chi connectivity index (χ0v) is 17.0. The molecule has 31 heavy (non-hydrogen) atoms. The average molecular weight is 428 g/mol. The van der Waals surface area contributed by atoms with Crippen molar-refractivity contribution in [3.8, 4) is 22.9 Å². The molecule has 1 N–H and O–H groups in total. The summed E-state index contributed by atoms with van der Waals surface area (Å²) < 4.78 is 10.9. The van der Waals surface area contributed by atoms with Gasteiger partial charge < -0.3 is 14.2 Å². The van der Waals surface area contributed by atoms with Gasteiger partial charge in [0.15, 0.2) is 17.2 Å². The largest absolute Gasteiger partial charge is 0.463 e. The lowest BCUT2D eigenvalue weighted by atomic mass is 10.1. The summed E-state index contributed by atoms with van der Waals surface area (Å²) in [6.45, 7) is 0. The fourth-order valence-corrected chi connectivity index (χ4v) is 3.77. The van der Waals surface area contributed by atoms with Crippen LogP contribution in [0.1, 0.15) is 0 Å². The third-order valence-corrected chi connectivity index (χ3v) is 5.41. The topological polar surface area (TPSA) is 94.0 Å². The quantitative estimate of drug-likeness (QED) is 0.368. The number of aromatic nitrogens is 3. The summed E-state index contributed by atoms with van der Waals surface area (Å²) in [6, 6.07) is 20.8. The molecule has 0 saturated heterocycles. The van der Waals surface area contributed by atoms with Crippen molar-refractivity contribution in [3.63, 3.8) is 0 Å². The van der Waals surface area contributed by atoms with Gasteiger partial charge in [0.1, 0.15) is 5.69 Å². The van der Waals surface area contributed by atoms with Gasteiger partial charge in [-0.25, -0.2) is 4.98 Å². The number of carbonyl (C=O) groups is 1. The second-order valence-electron chi connectivity index (χ2n) is 6.61. The molecule has 3 aromatic heterocycles. The number of fused-ring (bicyclic) bond motifs is 1. The van der Waals surface area contributed by atoms with E-state index in [0.29, 0.717) is 28.1 Å². The normalized spacial score (nSPS) is 11.0. The molecule has 0 saturated carbocycles. The average Bonchev–Trinajstić information content (AvgIpc) is 3.52. The first-order chi connectivity index (χ1) is 15.3. The number of thioether (sulfide) groups is 1. The van der Waals surface area contributed by atoms with E-state index in [9.17, 15) is 4.79 Å². The molecular formula is C23H16N4O3S. The number of amides is 1. The van der Waals surface area contributed by atoms with Crippen molar-refractivity contribution in [2.24, 2.45) is 0 Å². The van der Waals surface area contributed by atoms with Crippen molar-refractivity contribution in [1.29, 1.82) is 0 Å². The fourth-order valence-electron chi connectivity index (χ4n) is 3.19. The molecule has 0 aliphatic heterocycles. The van der Waals surface area contributed by atoms with Gasteiger partial charge in [0, 0.05) is 11.1 Å². The summed E-state index contributed by atoms with van der Waals surface area (Å²) in [7, 11) is 0. The Morgan fingerprint density at radius 1 is 0.839 bits per heavy atom. The van der Waals surface area contributed by atoms with Crippen LogP contribution in [0, 0.1) is 0 Å². The van der Waals surface area contributed by atoms with Gasteiger partial charge >= 0.3 is 0 Å². The molecule has 5 rings (SSSR count). The molecule has 152 valence electrons. The highest BCUT2D eigenvalue weighted by Gasteiger charge is 2.18. The van der Waals surface area contributed by atoms with Gasteiger partial charge in [-0.2, -0.15) is 0 Å². The van der Waals surface area contributed by atoms with E-state index in [-0.39, 0.29) is 11.7 Å². The molecule has 0 aliphatic carbocycles. The van der Waals surface area contributed by atoms with Gasteiger partial charge in [0.25, 0.3) is 0 Å². The van der Waals surface area contributed by atoms with Gasteiger partial charge in [-0.3, -0.25) is 4.79 Å². The standard InChI is InChI=1S/C23H16N4O3S/c28-20(24-17-9-3-7-15-6-1-2-8-16(15)17)14-31-23-25-21(18-10-4-12-29-18)22(26-27-23)19-11-5-13-30-19/h1-13H,14H2,(H,24,28). The third-order valence-electron chi connectivity index (χ3n) is 4.57. The van der Waals surface area contributed by atoms with E-state index in [0.717, 1.165) is 16.5 Å². The lowest BCUT2D eigenvalue weighted by Gasteiger charge is -2.09. The number of rotatable bonds is 6. The number of benzene rings is 2. The molecule has 2 aromatic carbocycles. The number of anilines is 1. The van der Waals surface area contributed by atoms with E-state index in [4.69, 9.17) is 8.83 Å². The highest BCUT2D eigenvalue weighted by Crippen LogP contribution is 2.30. The van der Waals surface area contributed by atoms with Crippen LogP contribution in [-0.2, 0) is 4.79 Å². The summed E-state index contributed by atoms with van der Waals surface area (Å²) in [5.41, 5.74) is 1.75. The molecule has 7 nitrogen and oxygen atoms in total. The molecule has 0 bridgehead atoms. The molecule has 0 radical (unpaired) electrons. The Hall–Kier alpha value is -3.91. The van der Waals surface area contributed by atoms with Crippen molar-refractivity contribution in [1.82, 2.24) is 15.2 Å². The van der Waals surface area contributed by atoms with E-state index in [1.807, 2.05) is 42.5 Å². The van der Waals surface area contributed by atoms with E-state index in [1.54, 1.807) is 36.8 Å². The summed E-state index contributed by atoms with van der Waals surface area (Å²) in [5.74, 6) is 1.07. The minimum atomic E-state index is -0.153. The Morgan fingerprint density at radius 2 is 1.58 bits per heavy atom. The number of carbonyl (C=O) groups excluding carboxylic acids is 1. The van der Waals surface area contributed by atoms with E-state index in [1.165, 1.54) is 11.8 Å². The molecule has 0 spiro atoms. The highest BCUT2D eigenvalue weighted by atomic mass is 32.2. The Morgan fingerprint density at radius 3 is 2.35 bits per heavy atom. The summed E-state index contributed by atoms with van der Waals surface area (Å²) in [5, 5.41) is 13.8. The van der Waals surface area contributed by atoms with E-state index in [2.05, 4.69) is 20.5 Å². The molecule has 0 fully saturated rings. The second kappa shape index (κ2) is 8.45. The molecule has 3 heterocycles. The van der Waals surface area contributed by atoms with Crippen molar-refractivity contribution in [2.75, 3.05) is 11.1 Å². The Labute approximate surface area is 181 Å². The van der Waals surface area contributed by atoms with Crippen LogP contribution < -0.4 is 5.32 Å². The Balaban J connectivity index is 1.34. The highest BCUT2D eigenvalue weighted by molar-refractivity contribution is 7.99. The molecule has 0 atom stereocenters. The van der Waals surface area contributed by atoms with Crippen molar-refractivity contribution in [2.45, 2.75) is 5.16 Å². The lowest BCUT2D eigenvalue weighted by molar-refractivity contribution is -0.113. The van der Waals surface area contributed by atoms with Crippen LogP contribution in [0.15, 0.2) is 93.2 Å². The maximum Gasteiger partial charge on any atom is 0.234 e. The third kappa shape index (κ3) is 4.06. The van der Waals surface area contributed by atoms with Crippen LogP contribution >= 0.6 is 11.8 Å². The maximum atomic E-state index is 12.6. The number of hydrogen-bond donors (Lipinski definition) is 1. The first-order valence-electron chi connectivity index (χ1n) is 9.51. The van der Waals surface area contributed by atoms with Gasteiger partial charge in [-0.15, -0.1) is 10.2 Å². The van der Waals surface area contributed by atoms with Crippen molar-refractivity contribution in [3.05, 3.63) is 79.3 Å². The van der Waals surface area contributed by atoms with Crippen LogP contribution in [0.3, 0.4) is 0 Å². The van der Waals surface area contributed by atoms with Crippen molar-refractivity contribution >= 4 is 34.1 Å². The zero-order valence-electron chi connectivity index (χ0n) is 16.2. The first kappa shape index (κ1) is 19.1. The summed E-state index contributed by atoms with van der Waals surface area (Å²) >= 11 is 1.20. The van der Waals surface area contributed by atoms with Crippen molar-refractivity contribution < 1.29 is 13.6 Å². The van der Waals surface area contributed by atoms with Crippen LogP contribution in [0.2, 0.25) is 0 Å². The van der Waals surface area contributed by atoms with Crippen LogP contribution in [-0.4, -0.2) is 26.8 Å². The molecule has 8 heteroatoms. The summed E-state index contributed by atoms with van der Waals surface area (Å²) in [4.78, 5) is 17.1. The first-order valence-corrected chi connectivity index (χ1v) is 10.5. The van der Waals surface area contributed by atoms with Gasteiger partial charge in [0.2, 0.25) is 11.1 Å². The number of hydrogen-bond acceptors (Lipinski definition) is 7. The number of nitrogens with zero attached hydrogens (tertiary/aromatic N) is 3. The minimum absolute atomic E-state index is 0.141. The predicted molar refractivity (Wildman–Crippen MR) is 119 cm³/mol. The van der Waals surface area contributed by atoms with Crippen LogP contribution in [0.25, 0.3) is 33.7 Å². The van der Waals surface area contributed by atoms with E-state index < -0.39 is 0 Å². The molecular weight excluding hydrogens is 412 g/mol. The second-order valence-corrected chi connectivity index (χ2v) is 7.55. The van der Waals surface area contributed by atoms with E-state index >= 15 is 0 Å². The molecule has 0 aliphatic rings. The van der Waals surface area contributed by atoms with Crippen LogP contribution in [0.4, 0.5) is 5.69 Å². The predicted octanol–water partition coefficient (Wildman–Crippen LogP) is 5.28. The maximum absolute atomic E-state index is 12.6. The fraction of sp³-hybridized carbons (Fsp3) is 0.0435. The SMILES string of the molecule is O=C(CSc1nnc(-c2ccco2)c(-c2ccco2)n1)Nc1cccc2ccccc12. The van der Waals surface area contributed by atoms with Gasteiger partial charge in [0.05, 0.1) is 18.3 Å². The molecule has 0 unspecified atom stereocenters. The molecule has 5 aromatic rings. The minimum Gasteiger partial charge on any atom is -0.463 e.